The second kappa shape index (κ2) is 11.5. The molecule has 186 valence electrons. The summed E-state index contributed by atoms with van der Waals surface area (Å²) in [5.41, 5.74) is 1.23. The highest BCUT2D eigenvalue weighted by Gasteiger charge is 2.25. The summed E-state index contributed by atoms with van der Waals surface area (Å²) in [6.45, 7) is 3.63. The number of carbonyl (C=O) groups excluding carboxylic acids is 1. The molecule has 1 aromatic heterocycles. The third kappa shape index (κ3) is 5.80. The van der Waals surface area contributed by atoms with Gasteiger partial charge in [-0.05, 0) is 56.3 Å². The Hall–Kier alpha value is -3.56. The molecule has 0 saturated heterocycles. The summed E-state index contributed by atoms with van der Waals surface area (Å²) in [7, 11) is 1.58. The zero-order valence-corrected chi connectivity index (χ0v) is 21.4. The second-order valence-corrected chi connectivity index (χ2v) is 9.52. The van der Waals surface area contributed by atoms with Crippen molar-refractivity contribution in [3.05, 3.63) is 89.5 Å². The van der Waals surface area contributed by atoms with Crippen LogP contribution in [-0.2, 0) is 4.79 Å². The molecule has 3 aromatic carbocycles. The molecule has 0 aliphatic carbocycles. The lowest BCUT2D eigenvalue weighted by Gasteiger charge is -2.18. The Morgan fingerprint density at radius 2 is 1.72 bits per heavy atom. The Kier molecular flexibility index (Phi) is 8.12. The SMILES string of the molecule is COc1ccccc1OC(C)c1nnc(SC(C)C(=O)Nc2ccc(F)c(Cl)c2)n1-c1ccccc1. The number of anilines is 1. The van der Waals surface area contributed by atoms with Gasteiger partial charge in [0.25, 0.3) is 0 Å². The van der Waals surface area contributed by atoms with Gasteiger partial charge in [0.05, 0.1) is 17.4 Å². The van der Waals surface area contributed by atoms with Crippen molar-refractivity contribution in [2.24, 2.45) is 0 Å². The molecule has 0 radical (unpaired) electrons. The average molecular weight is 527 g/mol. The lowest BCUT2D eigenvalue weighted by atomic mass is 10.3. The Balaban J connectivity index is 1.59. The van der Waals surface area contributed by atoms with E-state index in [1.807, 2.05) is 66.1 Å². The molecular weight excluding hydrogens is 503 g/mol. The van der Waals surface area contributed by atoms with Gasteiger partial charge >= 0.3 is 0 Å². The smallest absolute Gasteiger partial charge is 0.237 e. The summed E-state index contributed by atoms with van der Waals surface area (Å²) in [6.07, 6.45) is -0.478. The summed E-state index contributed by atoms with van der Waals surface area (Å²) >= 11 is 7.07. The molecule has 7 nitrogen and oxygen atoms in total. The number of halogens is 2. The van der Waals surface area contributed by atoms with E-state index < -0.39 is 17.2 Å². The van der Waals surface area contributed by atoms with Crippen molar-refractivity contribution in [3.63, 3.8) is 0 Å². The number of nitrogens with one attached hydrogen (secondary N) is 1. The van der Waals surface area contributed by atoms with Crippen molar-refractivity contribution < 1.29 is 18.7 Å². The van der Waals surface area contributed by atoms with Crippen LogP contribution in [0.3, 0.4) is 0 Å². The summed E-state index contributed by atoms with van der Waals surface area (Å²) in [5.74, 6) is 0.911. The number of nitrogens with zero attached hydrogens (tertiary/aromatic N) is 3. The van der Waals surface area contributed by atoms with E-state index in [1.165, 1.54) is 30.0 Å². The van der Waals surface area contributed by atoms with Gasteiger partial charge in [0.2, 0.25) is 5.91 Å². The van der Waals surface area contributed by atoms with Crippen molar-refractivity contribution in [1.29, 1.82) is 0 Å². The Morgan fingerprint density at radius 1 is 1.03 bits per heavy atom. The molecule has 10 heteroatoms. The highest BCUT2D eigenvalue weighted by atomic mass is 35.5. The minimum Gasteiger partial charge on any atom is -0.493 e. The number of aromatic nitrogens is 3. The van der Waals surface area contributed by atoms with Crippen LogP contribution < -0.4 is 14.8 Å². The van der Waals surface area contributed by atoms with E-state index in [0.717, 1.165) is 5.69 Å². The number of thioether (sulfide) groups is 1. The standard InChI is InChI=1S/C26H24ClFN4O3S/c1-16(35-23-12-8-7-11-22(23)34-3)24-30-31-26(32(24)19-9-5-4-6-10-19)36-17(2)25(33)29-18-13-14-21(28)20(27)15-18/h4-17H,1-3H3,(H,29,33). The molecule has 0 spiro atoms. The molecule has 2 atom stereocenters. The predicted molar refractivity (Wildman–Crippen MR) is 139 cm³/mol. The molecule has 1 N–H and O–H groups in total. The number of hydrogen-bond donors (Lipinski definition) is 1. The van der Waals surface area contributed by atoms with Gasteiger partial charge in [-0.15, -0.1) is 10.2 Å². The minimum atomic E-state index is -0.551. The van der Waals surface area contributed by atoms with Crippen LogP contribution in [0.2, 0.25) is 5.02 Å². The summed E-state index contributed by atoms with van der Waals surface area (Å²) in [4.78, 5) is 12.8. The van der Waals surface area contributed by atoms with Gasteiger partial charge < -0.3 is 14.8 Å². The fraction of sp³-hybridized carbons (Fsp3) is 0.192. The van der Waals surface area contributed by atoms with E-state index in [-0.39, 0.29) is 10.9 Å². The monoisotopic (exact) mass is 526 g/mol. The van der Waals surface area contributed by atoms with Gasteiger partial charge in [0.15, 0.2) is 28.6 Å². The van der Waals surface area contributed by atoms with Crippen molar-refractivity contribution >= 4 is 35.0 Å². The lowest BCUT2D eigenvalue weighted by molar-refractivity contribution is -0.115. The number of amides is 1. The molecule has 2 unspecified atom stereocenters. The molecule has 1 heterocycles. The highest BCUT2D eigenvalue weighted by molar-refractivity contribution is 8.00. The zero-order chi connectivity index (χ0) is 25.7. The van der Waals surface area contributed by atoms with Crippen molar-refractivity contribution in [2.45, 2.75) is 30.4 Å². The molecular formula is C26H24ClFN4O3S. The van der Waals surface area contributed by atoms with Gasteiger partial charge in [-0.3, -0.25) is 9.36 Å². The second-order valence-electron chi connectivity index (χ2n) is 7.80. The summed E-state index contributed by atoms with van der Waals surface area (Å²) < 4.78 is 26.9. The number of rotatable bonds is 9. The Morgan fingerprint density at radius 3 is 2.42 bits per heavy atom. The number of para-hydroxylation sites is 3. The van der Waals surface area contributed by atoms with Crippen molar-refractivity contribution in [3.8, 4) is 17.2 Å². The van der Waals surface area contributed by atoms with Crippen LogP contribution in [0, 0.1) is 5.82 Å². The number of methoxy groups -OCH3 is 1. The first kappa shape index (κ1) is 25.5. The van der Waals surface area contributed by atoms with Crippen LogP contribution in [-0.4, -0.2) is 33.0 Å². The van der Waals surface area contributed by atoms with Gasteiger partial charge in [0.1, 0.15) is 5.82 Å². The van der Waals surface area contributed by atoms with Crippen LogP contribution in [0.1, 0.15) is 25.8 Å². The van der Waals surface area contributed by atoms with Crippen LogP contribution in [0.5, 0.6) is 11.5 Å². The minimum absolute atomic E-state index is 0.0643. The van der Waals surface area contributed by atoms with Gasteiger partial charge in [-0.25, -0.2) is 4.39 Å². The van der Waals surface area contributed by atoms with Crippen LogP contribution in [0.4, 0.5) is 10.1 Å². The largest absolute Gasteiger partial charge is 0.493 e. The number of benzene rings is 3. The van der Waals surface area contributed by atoms with E-state index in [4.69, 9.17) is 21.1 Å². The Bertz CT molecular complexity index is 1350. The van der Waals surface area contributed by atoms with Crippen molar-refractivity contribution in [2.75, 3.05) is 12.4 Å². The molecule has 0 fully saturated rings. The van der Waals surface area contributed by atoms with Crippen LogP contribution in [0.25, 0.3) is 5.69 Å². The number of ether oxygens (including phenoxy) is 2. The maximum Gasteiger partial charge on any atom is 0.237 e. The molecule has 0 aliphatic rings. The third-order valence-corrected chi connectivity index (χ3v) is 6.58. The van der Waals surface area contributed by atoms with Crippen molar-refractivity contribution in [1.82, 2.24) is 14.8 Å². The topological polar surface area (TPSA) is 78.3 Å². The first-order chi connectivity index (χ1) is 17.4. The van der Waals surface area contributed by atoms with Crippen LogP contribution in [0.15, 0.2) is 78.0 Å². The summed E-state index contributed by atoms with van der Waals surface area (Å²) in [6, 6.07) is 21.0. The molecule has 36 heavy (non-hydrogen) atoms. The first-order valence-corrected chi connectivity index (χ1v) is 12.4. The Labute approximate surface area is 217 Å². The van der Waals surface area contributed by atoms with E-state index in [9.17, 15) is 9.18 Å². The molecule has 0 aliphatic heterocycles. The normalized spacial score (nSPS) is 12.6. The maximum absolute atomic E-state index is 13.5. The van der Waals surface area contributed by atoms with Gasteiger partial charge in [0, 0.05) is 11.4 Å². The third-order valence-electron chi connectivity index (χ3n) is 5.25. The predicted octanol–water partition coefficient (Wildman–Crippen LogP) is 6.33. The average Bonchev–Trinajstić information content (AvgIpc) is 3.30. The number of hydrogen-bond acceptors (Lipinski definition) is 6. The lowest BCUT2D eigenvalue weighted by Crippen LogP contribution is -2.23. The van der Waals surface area contributed by atoms with Gasteiger partial charge in [-0.1, -0.05) is 53.7 Å². The maximum atomic E-state index is 13.5. The first-order valence-electron chi connectivity index (χ1n) is 11.1. The highest BCUT2D eigenvalue weighted by Crippen LogP contribution is 2.33. The molecule has 0 saturated carbocycles. The molecule has 0 bridgehead atoms. The molecule has 1 amide bonds. The van der Waals surface area contributed by atoms with Gasteiger partial charge in [-0.2, -0.15) is 0 Å². The van der Waals surface area contributed by atoms with E-state index in [1.54, 1.807) is 14.0 Å². The van der Waals surface area contributed by atoms with Crippen LogP contribution >= 0.6 is 23.4 Å². The van der Waals surface area contributed by atoms with E-state index in [0.29, 0.717) is 28.2 Å². The molecule has 4 aromatic rings. The zero-order valence-electron chi connectivity index (χ0n) is 19.8. The fourth-order valence-electron chi connectivity index (χ4n) is 3.43. The summed E-state index contributed by atoms with van der Waals surface area (Å²) in [5, 5.41) is 11.4. The molecule has 4 rings (SSSR count). The number of carbonyl (C=O) groups is 1. The fourth-order valence-corrected chi connectivity index (χ4v) is 4.48. The van der Waals surface area contributed by atoms with E-state index in [2.05, 4.69) is 15.5 Å². The van der Waals surface area contributed by atoms with E-state index >= 15 is 0 Å². The quantitative estimate of drug-likeness (QED) is 0.257.